The number of carbonyl (C=O) groups excluding carboxylic acids is 2. The maximum Gasteiger partial charge on any atom is 0.303 e. The molecule has 0 aliphatic carbocycles. The first kappa shape index (κ1) is 32.8. The lowest BCUT2D eigenvalue weighted by Gasteiger charge is -2.39. The second kappa shape index (κ2) is 16.1. The number of nitrogens with one attached hydrogen (secondary N) is 1. The second-order valence-corrected chi connectivity index (χ2v) is 12.2. The number of hydrogen-bond acceptors (Lipinski definition) is 7. The van der Waals surface area contributed by atoms with E-state index in [9.17, 15) is 14.7 Å². The first-order valence-corrected chi connectivity index (χ1v) is 16.3. The van der Waals surface area contributed by atoms with Crippen LogP contribution in [0.2, 0.25) is 0 Å². The minimum absolute atomic E-state index is 0.0182. The topological polar surface area (TPSA) is 97.3 Å². The third-order valence-corrected chi connectivity index (χ3v) is 8.70. The number of benzene rings is 3. The fourth-order valence-electron chi connectivity index (χ4n) is 6.22. The van der Waals surface area contributed by atoms with Crippen molar-refractivity contribution in [2.75, 3.05) is 19.6 Å². The first-order chi connectivity index (χ1) is 21.9. The van der Waals surface area contributed by atoms with Gasteiger partial charge in [0.25, 0.3) is 5.91 Å². The molecule has 8 heteroatoms. The van der Waals surface area contributed by atoms with E-state index in [1.54, 1.807) is 6.92 Å². The van der Waals surface area contributed by atoms with Crippen molar-refractivity contribution in [2.45, 2.75) is 90.1 Å². The number of amides is 1. The fourth-order valence-corrected chi connectivity index (χ4v) is 6.22. The van der Waals surface area contributed by atoms with Crippen molar-refractivity contribution in [1.29, 1.82) is 0 Å². The molecule has 4 atom stereocenters. The predicted octanol–water partition coefficient (Wildman–Crippen LogP) is 6.23. The van der Waals surface area contributed by atoms with Crippen LogP contribution in [-0.4, -0.2) is 53.7 Å². The number of hydrogen-bond donors (Lipinski definition) is 2. The number of likely N-dealkylation sites (tertiary alicyclic amines) is 1. The van der Waals surface area contributed by atoms with Gasteiger partial charge in [0, 0.05) is 32.0 Å². The highest BCUT2D eigenvalue weighted by Crippen LogP contribution is 2.39. The zero-order chi connectivity index (χ0) is 31.6. The maximum absolute atomic E-state index is 12.4. The molecule has 2 fully saturated rings. The monoisotopic (exact) mass is 614 g/mol. The summed E-state index contributed by atoms with van der Waals surface area (Å²) in [6, 6.07) is 24.2. The van der Waals surface area contributed by atoms with Crippen molar-refractivity contribution >= 4 is 11.9 Å². The summed E-state index contributed by atoms with van der Waals surface area (Å²) in [7, 11) is 0. The normalized spacial score (nSPS) is 21.7. The third-order valence-electron chi connectivity index (χ3n) is 8.70. The largest absolute Gasteiger partial charge is 0.453 e. The van der Waals surface area contributed by atoms with Crippen LogP contribution < -0.4 is 5.32 Å². The molecule has 4 unspecified atom stereocenters. The average molecular weight is 615 g/mol. The number of esters is 1. The molecule has 0 radical (unpaired) electrons. The number of carbonyl (C=O) groups is 2. The Morgan fingerprint density at radius 2 is 1.58 bits per heavy atom. The highest BCUT2D eigenvalue weighted by molar-refractivity contribution is 5.83. The van der Waals surface area contributed by atoms with E-state index in [0.29, 0.717) is 6.54 Å². The number of aliphatic hydroxyl groups excluding tert-OH is 1. The van der Waals surface area contributed by atoms with Gasteiger partial charge in [-0.3, -0.25) is 9.59 Å². The Bertz CT molecular complexity index is 1380. The van der Waals surface area contributed by atoms with Gasteiger partial charge in [-0.1, -0.05) is 92.1 Å². The summed E-state index contributed by atoms with van der Waals surface area (Å²) in [5.41, 5.74) is 5.91. The van der Waals surface area contributed by atoms with Gasteiger partial charge >= 0.3 is 5.97 Å². The summed E-state index contributed by atoms with van der Waals surface area (Å²) >= 11 is 0. The van der Waals surface area contributed by atoms with Crippen molar-refractivity contribution < 1.29 is 28.9 Å². The molecule has 2 N–H and O–H groups in total. The molecule has 240 valence electrons. The molecule has 8 nitrogen and oxygen atoms in total. The van der Waals surface area contributed by atoms with Gasteiger partial charge < -0.3 is 29.5 Å². The molecule has 3 aromatic carbocycles. The Morgan fingerprint density at radius 3 is 2.27 bits per heavy atom. The highest BCUT2D eigenvalue weighted by atomic mass is 16.7. The molecule has 0 bridgehead atoms. The molecule has 0 spiro atoms. The Morgan fingerprint density at radius 1 is 0.911 bits per heavy atom. The van der Waals surface area contributed by atoms with Gasteiger partial charge in [0.15, 0.2) is 12.4 Å². The summed E-state index contributed by atoms with van der Waals surface area (Å²) in [5, 5.41) is 12.4. The number of rotatable bonds is 10. The second-order valence-electron chi connectivity index (χ2n) is 12.2. The van der Waals surface area contributed by atoms with E-state index in [1.807, 2.05) is 36.4 Å². The molecule has 45 heavy (non-hydrogen) atoms. The highest BCUT2D eigenvalue weighted by Gasteiger charge is 2.33. The summed E-state index contributed by atoms with van der Waals surface area (Å²) < 4.78 is 18.2. The van der Waals surface area contributed by atoms with E-state index in [2.05, 4.69) is 46.6 Å². The van der Waals surface area contributed by atoms with Crippen LogP contribution in [0, 0.1) is 0 Å². The lowest BCUT2D eigenvalue weighted by molar-refractivity contribution is -0.253. The Kier molecular flexibility index (Phi) is 11.8. The molecule has 2 saturated heterocycles. The molecule has 2 aliphatic heterocycles. The van der Waals surface area contributed by atoms with Gasteiger partial charge in [0.05, 0.1) is 18.8 Å². The number of nitrogens with zero attached hydrogens (tertiary/aromatic N) is 1. The molecule has 2 aliphatic rings. The minimum Gasteiger partial charge on any atom is -0.453 e. The Balaban J connectivity index is 1.31. The molecule has 2 heterocycles. The van der Waals surface area contributed by atoms with Crippen LogP contribution in [0.1, 0.15) is 87.0 Å². The standard InChI is InChI=1S/C37H46N2O6/c1-26(43-27(2)41)36(42)38-23-32-10-6-7-11-34(32)29-16-18-31(19-17-29)37-44-33(24-39-20-8-4-3-5-9-21-39)22-35(45-37)30-14-12-28(25-40)13-15-30/h6-7,10-19,26,33,35,37,40H,3-5,8-9,20-25H2,1-2H3,(H,38,42). The van der Waals surface area contributed by atoms with Gasteiger partial charge in [0.2, 0.25) is 0 Å². The Hall–Kier alpha value is -3.56. The van der Waals surface area contributed by atoms with E-state index in [4.69, 9.17) is 14.2 Å². The zero-order valence-electron chi connectivity index (χ0n) is 26.5. The van der Waals surface area contributed by atoms with Crippen molar-refractivity contribution in [3.8, 4) is 11.1 Å². The maximum atomic E-state index is 12.4. The first-order valence-electron chi connectivity index (χ1n) is 16.3. The van der Waals surface area contributed by atoms with E-state index < -0.39 is 18.4 Å². The summed E-state index contributed by atoms with van der Waals surface area (Å²) in [4.78, 5) is 26.2. The van der Waals surface area contributed by atoms with Crippen molar-refractivity contribution in [3.05, 3.63) is 95.1 Å². The summed E-state index contributed by atoms with van der Waals surface area (Å²) in [6.07, 6.45) is 5.72. The molecule has 0 saturated carbocycles. The van der Waals surface area contributed by atoms with Crippen LogP contribution in [0.4, 0.5) is 0 Å². The third kappa shape index (κ3) is 9.23. The smallest absolute Gasteiger partial charge is 0.303 e. The van der Waals surface area contributed by atoms with Gasteiger partial charge in [0.1, 0.15) is 0 Å². The van der Waals surface area contributed by atoms with E-state index in [-0.39, 0.29) is 24.7 Å². The van der Waals surface area contributed by atoms with Gasteiger partial charge in [-0.05, 0) is 60.7 Å². The van der Waals surface area contributed by atoms with Crippen LogP contribution >= 0.6 is 0 Å². The van der Waals surface area contributed by atoms with E-state index >= 15 is 0 Å². The van der Waals surface area contributed by atoms with Crippen LogP contribution in [0.3, 0.4) is 0 Å². The lowest BCUT2D eigenvalue weighted by atomic mass is 9.97. The lowest BCUT2D eigenvalue weighted by Crippen LogP contribution is -2.40. The van der Waals surface area contributed by atoms with Crippen LogP contribution in [0.15, 0.2) is 72.8 Å². The zero-order valence-corrected chi connectivity index (χ0v) is 26.5. The molecular formula is C37H46N2O6. The van der Waals surface area contributed by atoms with Crippen LogP contribution in [0.25, 0.3) is 11.1 Å². The van der Waals surface area contributed by atoms with Crippen LogP contribution in [-0.2, 0) is 37.0 Å². The minimum atomic E-state index is -0.853. The van der Waals surface area contributed by atoms with E-state index in [0.717, 1.165) is 59.4 Å². The number of ether oxygens (including phenoxy) is 3. The quantitative estimate of drug-likeness (QED) is 0.262. The SMILES string of the molecule is CC(=O)OC(C)C(=O)NCc1ccccc1-c1ccc(C2OC(CN3CCCCCCC3)CC(c3ccc(CO)cc3)O2)cc1. The van der Waals surface area contributed by atoms with Crippen LogP contribution in [0.5, 0.6) is 0 Å². The number of aliphatic hydroxyl groups is 1. The fraction of sp³-hybridized carbons (Fsp3) is 0.459. The van der Waals surface area contributed by atoms with Gasteiger partial charge in [-0.2, -0.15) is 0 Å². The molecule has 1 amide bonds. The molecule has 0 aromatic heterocycles. The summed E-state index contributed by atoms with van der Waals surface area (Å²) in [6.45, 7) is 6.29. The molecular weight excluding hydrogens is 568 g/mol. The van der Waals surface area contributed by atoms with Crippen molar-refractivity contribution in [1.82, 2.24) is 10.2 Å². The van der Waals surface area contributed by atoms with E-state index in [1.165, 1.54) is 39.0 Å². The van der Waals surface area contributed by atoms with Gasteiger partial charge in [-0.15, -0.1) is 0 Å². The predicted molar refractivity (Wildman–Crippen MR) is 173 cm³/mol. The van der Waals surface area contributed by atoms with Crippen molar-refractivity contribution in [3.63, 3.8) is 0 Å². The Labute approximate surface area is 266 Å². The summed E-state index contributed by atoms with van der Waals surface area (Å²) in [5.74, 6) is -0.827. The van der Waals surface area contributed by atoms with Gasteiger partial charge in [-0.25, -0.2) is 0 Å². The molecule has 5 rings (SSSR count). The average Bonchev–Trinajstić information content (AvgIpc) is 3.04. The molecule has 3 aromatic rings. The van der Waals surface area contributed by atoms with Crippen molar-refractivity contribution in [2.24, 2.45) is 0 Å².